The molecule has 0 spiro atoms. The van der Waals surface area contributed by atoms with Crippen LogP contribution in [0, 0.1) is 0 Å². The van der Waals surface area contributed by atoms with E-state index >= 15 is 0 Å². The molecule has 0 aromatic heterocycles. The molecule has 0 aromatic carbocycles. The van der Waals surface area contributed by atoms with Gasteiger partial charge in [-0.05, 0) is 20.8 Å². The molecular formula is C12H17NO5S. The van der Waals surface area contributed by atoms with Gasteiger partial charge in [-0.1, -0.05) is 0 Å². The summed E-state index contributed by atoms with van der Waals surface area (Å²) in [6.45, 7) is 5.26. The third-order valence-corrected chi connectivity index (χ3v) is 3.33. The lowest BCUT2D eigenvalue weighted by molar-refractivity contribution is -0.144. The van der Waals surface area contributed by atoms with Crippen molar-refractivity contribution in [3.05, 3.63) is 11.3 Å². The highest BCUT2D eigenvalue weighted by molar-refractivity contribution is 8.14. The fourth-order valence-electron chi connectivity index (χ4n) is 1.46. The highest BCUT2D eigenvalue weighted by atomic mass is 32.2. The van der Waals surface area contributed by atoms with Crippen LogP contribution >= 0.6 is 11.8 Å². The van der Waals surface area contributed by atoms with Gasteiger partial charge in [-0.2, -0.15) is 0 Å². The van der Waals surface area contributed by atoms with Gasteiger partial charge in [-0.15, -0.1) is 11.8 Å². The molecule has 19 heavy (non-hydrogen) atoms. The maximum atomic E-state index is 11.7. The molecule has 0 aliphatic carbocycles. The summed E-state index contributed by atoms with van der Waals surface area (Å²) in [7, 11) is 0. The Morgan fingerprint density at radius 2 is 2.00 bits per heavy atom. The summed E-state index contributed by atoms with van der Waals surface area (Å²) >= 11 is 1.23. The second-order valence-corrected chi connectivity index (χ2v) is 4.70. The summed E-state index contributed by atoms with van der Waals surface area (Å²) in [6.07, 6.45) is 0. The summed E-state index contributed by atoms with van der Waals surface area (Å²) in [5, 5.41) is 9.88. The van der Waals surface area contributed by atoms with Crippen molar-refractivity contribution in [1.82, 2.24) is 0 Å². The first-order chi connectivity index (χ1) is 9.01. The van der Waals surface area contributed by atoms with Gasteiger partial charge in [0.2, 0.25) is 0 Å². The molecule has 7 heteroatoms. The van der Waals surface area contributed by atoms with Crippen LogP contribution in [-0.2, 0) is 19.1 Å². The average molecular weight is 287 g/mol. The molecule has 1 atom stereocenters. The fraction of sp³-hybridized carbons (Fsp3) is 0.583. The Bertz CT molecular complexity index is 426. The number of aliphatic imine (C=N–C) groups is 1. The summed E-state index contributed by atoms with van der Waals surface area (Å²) in [4.78, 5) is 27.4. The smallest absolute Gasteiger partial charge is 0.344 e. The van der Waals surface area contributed by atoms with Crippen molar-refractivity contribution in [3.63, 3.8) is 0 Å². The van der Waals surface area contributed by atoms with E-state index in [9.17, 15) is 14.7 Å². The SMILES string of the molecule is CCOC(=O)C(C1=N[C@H](C(=O)OCC)CS1)=C(C)O. The van der Waals surface area contributed by atoms with Gasteiger partial charge in [0.05, 0.1) is 13.2 Å². The largest absolute Gasteiger partial charge is 0.512 e. The van der Waals surface area contributed by atoms with Crippen LogP contribution in [0.2, 0.25) is 0 Å². The van der Waals surface area contributed by atoms with Crippen LogP contribution in [0.3, 0.4) is 0 Å². The minimum Gasteiger partial charge on any atom is -0.512 e. The van der Waals surface area contributed by atoms with E-state index in [1.165, 1.54) is 18.7 Å². The highest BCUT2D eigenvalue weighted by Crippen LogP contribution is 2.26. The predicted octanol–water partition coefficient (Wildman–Crippen LogP) is 1.46. The number of rotatable bonds is 5. The molecule has 0 saturated heterocycles. The van der Waals surface area contributed by atoms with Crippen LogP contribution in [0.15, 0.2) is 16.3 Å². The lowest BCUT2D eigenvalue weighted by Crippen LogP contribution is -2.21. The molecule has 1 N–H and O–H groups in total. The standard InChI is InChI=1S/C12H17NO5S/c1-4-17-11(15)8-6-19-10(13-8)9(7(3)14)12(16)18-5-2/h8,14H,4-6H2,1-3H3/t8-/m0/s1. The van der Waals surface area contributed by atoms with E-state index in [2.05, 4.69) is 4.99 Å². The van der Waals surface area contributed by atoms with Crippen molar-refractivity contribution < 1.29 is 24.2 Å². The second-order valence-electron chi connectivity index (χ2n) is 3.69. The van der Waals surface area contributed by atoms with Crippen molar-refractivity contribution in [2.24, 2.45) is 4.99 Å². The summed E-state index contributed by atoms with van der Waals surface area (Å²) in [6, 6.07) is -0.635. The third-order valence-electron chi connectivity index (χ3n) is 2.26. The van der Waals surface area contributed by atoms with Crippen molar-refractivity contribution in [3.8, 4) is 0 Å². The number of aliphatic hydroxyl groups is 1. The Labute approximate surface area is 115 Å². The Morgan fingerprint density at radius 3 is 2.53 bits per heavy atom. The fourth-order valence-corrected chi connectivity index (χ4v) is 2.57. The van der Waals surface area contributed by atoms with Crippen LogP contribution in [0.4, 0.5) is 0 Å². The number of carbonyl (C=O) groups excluding carboxylic acids is 2. The molecule has 0 fully saturated rings. The van der Waals surface area contributed by atoms with E-state index in [-0.39, 0.29) is 24.5 Å². The van der Waals surface area contributed by atoms with Crippen molar-refractivity contribution in [1.29, 1.82) is 0 Å². The molecule has 1 aliphatic heterocycles. The topological polar surface area (TPSA) is 85.2 Å². The summed E-state index contributed by atoms with van der Waals surface area (Å²) in [5.74, 6) is -0.846. The Morgan fingerprint density at radius 1 is 1.37 bits per heavy atom. The second kappa shape index (κ2) is 7.18. The maximum absolute atomic E-state index is 11.7. The van der Waals surface area contributed by atoms with E-state index < -0.39 is 18.0 Å². The molecule has 1 heterocycles. The first-order valence-electron chi connectivity index (χ1n) is 5.95. The van der Waals surface area contributed by atoms with Crippen molar-refractivity contribution in [2.45, 2.75) is 26.8 Å². The molecule has 0 bridgehead atoms. The number of thioether (sulfide) groups is 1. The number of aliphatic hydroxyl groups excluding tert-OH is 1. The van der Waals surface area contributed by atoms with Gasteiger partial charge < -0.3 is 14.6 Å². The first kappa shape index (κ1) is 15.6. The molecule has 0 amide bonds. The minimum atomic E-state index is -0.641. The monoisotopic (exact) mass is 287 g/mol. The van der Waals surface area contributed by atoms with Gasteiger partial charge in [-0.25, -0.2) is 9.59 Å². The van der Waals surface area contributed by atoms with Crippen molar-refractivity contribution >= 4 is 28.7 Å². The van der Waals surface area contributed by atoms with Gasteiger partial charge >= 0.3 is 11.9 Å². The van der Waals surface area contributed by atoms with Crippen LogP contribution in [0.25, 0.3) is 0 Å². The molecule has 0 saturated carbocycles. The Balaban J connectivity index is 2.89. The number of esters is 2. The van der Waals surface area contributed by atoms with Crippen LogP contribution < -0.4 is 0 Å². The zero-order valence-electron chi connectivity index (χ0n) is 11.1. The van der Waals surface area contributed by atoms with E-state index in [0.717, 1.165) is 0 Å². The number of hydrogen-bond acceptors (Lipinski definition) is 7. The van der Waals surface area contributed by atoms with Gasteiger partial charge in [-0.3, -0.25) is 4.99 Å². The number of nitrogens with zero attached hydrogens (tertiary/aromatic N) is 1. The lowest BCUT2D eigenvalue weighted by Gasteiger charge is -2.07. The average Bonchev–Trinajstić information content (AvgIpc) is 2.78. The summed E-state index contributed by atoms with van der Waals surface area (Å²) < 4.78 is 9.72. The van der Waals surface area contributed by atoms with Gasteiger partial charge in [0, 0.05) is 5.75 Å². The van der Waals surface area contributed by atoms with Crippen LogP contribution in [0.1, 0.15) is 20.8 Å². The molecular weight excluding hydrogens is 270 g/mol. The molecule has 0 aromatic rings. The molecule has 1 rings (SSSR count). The predicted molar refractivity (Wildman–Crippen MR) is 72.3 cm³/mol. The van der Waals surface area contributed by atoms with Crippen LogP contribution in [0.5, 0.6) is 0 Å². The molecule has 106 valence electrons. The minimum absolute atomic E-state index is 0.0126. The lowest BCUT2D eigenvalue weighted by atomic mass is 10.2. The highest BCUT2D eigenvalue weighted by Gasteiger charge is 2.31. The summed E-state index contributed by atoms with van der Waals surface area (Å²) in [5.41, 5.74) is 0.0126. The number of carbonyl (C=O) groups is 2. The van der Waals surface area contributed by atoms with E-state index in [0.29, 0.717) is 10.8 Å². The maximum Gasteiger partial charge on any atom is 0.344 e. The Hall–Kier alpha value is -1.50. The first-order valence-corrected chi connectivity index (χ1v) is 6.94. The van der Waals surface area contributed by atoms with E-state index in [1.807, 2.05) is 0 Å². The van der Waals surface area contributed by atoms with Crippen molar-refractivity contribution in [2.75, 3.05) is 19.0 Å². The zero-order valence-corrected chi connectivity index (χ0v) is 12.0. The quantitative estimate of drug-likeness (QED) is 0.468. The van der Waals surface area contributed by atoms with Crippen LogP contribution in [-0.4, -0.2) is 47.1 Å². The normalized spacial score (nSPS) is 19.5. The number of ether oxygens (including phenoxy) is 2. The van der Waals surface area contributed by atoms with Gasteiger partial charge in [0.15, 0.2) is 6.04 Å². The molecule has 6 nitrogen and oxygen atoms in total. The number of hydrogen-bond donors (Lipinski definition) is 1. The van der Waals surface area contributed by atoms with E-state index in [1.54, 1.807) is 13.8 Å². The zero-order chi connectivity index (χ0) is 14.4. The molecule has 0 radical (unpaired) electrons. The van der Waals surface area contributed by atoms with E-state index in [4.69, 9.17) is 9.47 Å². The van der Waals surface area contributed by atoms with Gasteiger partial charge in [0.25, 0.3) is 0 Å². The third kappa shape index (κ3) is 3.99. The Kier molecular flexibility index (Phi) is 5.88. The molecule has 0 unspecified atom stereocenters. The molecule has 1 aliphatic rings. The number of allylic oxidation sites excluding steroid dienone is 1. The van der Waals surface area contributed by atoms with Gasteiger partial charge in [0.1, 0.15) is 16.4 Å².